The van der Waals surface area contributed by atoms with Crippen LogP contribution in [0.2, 0.25) is 0 Å². The highest BCUT2D eigenvalue weighted by Gasteiger charge is 2.37. The molecule has 0 unspecified atom stereocenters. The number of hydrogen-bond donors (Lipinski definition) is 1. The Bertz CT molecular complexity index is 1230. The number of nitrogens with one attached hydrogen (secondary N) is 1. The maximum absolute atomic E-state index is 5.43. The van der Waals surface area contributed by atoms with Gasteiger partial charge in [0.25, 0.3) is 0 Å². The molecule has 1 heterocycles. The smallest absolute Gasteiger partial charge is 0.174 e. The first kappa shape index (κ1) is 21.8. The van der Waals surface area contributed by atoms with E-state index in [1.54, 1.807) is 14.2 Å². The molecule has 1 aliphatic heterocycles. The largest absolute Gasteiger partial charge is 0.493 e. The lowest BCUT2D eigenvalue weighted by atomic mass is 9.76. The normalized spacial score (nSPS) is 20.9. The van der Waals surface area contributed by atoms with Crippen molar-refractivity contribution in [2.24, 2.45) is 10.9 Å². The van der Waals surface area contributed by atoms with E-state index in [0.717, 1.165) is 22.1 Å². The van der Waals surface area contributed by atoms with Gasteiger partial charge >= 0.3 is 0 Å². The highest BCUT2D eigenvalue weighted by atomic mass is 79.9. The lowest BCUT2D eigenvalue weighted by molar-refractivity contribution is 0.353. The van der Waals surface area contributed by atoms with Crippen molar-refractivity contribution in [2.75, 3.05) is 19.5 Å². The van der Waals surface area contributed by atoms with Gasteiger partial charge in [0.1, 0.15) is 0 Å². The molecule has 3 atom stereocenters. The molecule has 0 saturated carbocycles. The minimum atomic E-state index is 0.292. The molecule has 4 nitrogen and oxygen atoms in total. The maximum atomic E-state index is 5.43. The third-order valence-corrected chi connectivity index (χ3v) is 7.18. The van der Waals surface area contributed by atoms with Gasteiger partial charge < -0.3 is 14.8 Å². The SMILES string of the molecule is COc1cc(C=Nc2ccc([C@@H]3Nc4ccc(C)cc4[C@H]4C=CC[C@H]43)cc2)cc(Br)c1OC. The minimum Gasteiger partial charge on any atom is -0.493 e. The Balaban J connectivity index is 1.37. The molecular formula is C28H27BrN2O2. The molecule has 0 fully saturated rings. The Hall–Kier alpha value is -3.05. The van der Waals surface area contributed by atoms with Crippen molar-refractivity contribution >= 4 is 33.5 Å². The number of benzene rings is 3. The van der Waals surface area contributed by atoms with E-state index in [-0.39, 0.29) is 0 Å². The first-order chi connectivity index (χ1) is 16.1. The molecule has 2 aliphatic rings. The predicted octanol–water partition coefficient (Wildman–Crippen LogP) is 7.35. The fourth-order valence-corrected chi connectivity index (χ4v) is 5.59. The number of halogens is 1. The van der Waals surface area contributed by atoms with Crippen LogP contribution < -0.4 is 14.8 Å². The van der Waals surface area contributed by atoms with Crippen LogP contribution in [0.5, 0.6) is 11.5 Å². The van der Waals surface area contributed by atoms with Gasteiger partial charge in [0.15, 0.2) is 11.5 Å². The zero-order valence-corrected chi connectivity index (χ0v) is 20.6. The van der Waals surface area contributed by atoms with Gasteiger partial charge in [0.05, 0.1) is 30.4 Å². The van der Waals surface area contributed by atoms with Crippen LogP contribution in [0.25, 0.3) is 0 Å². The molecule has 1 N–H and O–H groups in total. The molecule has 33 heavy (non-hydrogen) atoms. The van der Waals surface area contributed by atoms with Crippen molar-refractivity contribution in [1.82, 2.24) is 0 Å². The van der Waals surface area contributed by atoms with Crippen molar-refractivity contribution in [3.05, 3.63) is 93.5 Å². The number of methoxy groups -OCH3 is 2. The number of aliphatic imine (C=N–C) groups is 1. The fraction of sp³-hybridized carbons (Fsp3) is 0.250. The van der Waals surface area contributed by atoms with E-state index in [1.165, 1.54) is 22.4 Å². The average Bonchev–Trinajstić information content (AvgIpc) is 3.33. The number of hydrogen-bond acceptors (Lipinski definition) is 4. The number of rotatable bonds is 5. The average molecular weight is 503 g/mol. The quantitative estimate of drug-likeness (QED) is 0.292. The lowest BCUT2D eigenvalue weighted by Gasteiger charge is -2.37. The molecule has 0 radical (unpaired) electrons. The van der Waals surface area contributed by atoms with Gasteiger partial charge in [-0.15, -0.1) is 0 Å². The molecule has 3 aromatic carbocycles. The summed E-state index contributed by atoms with van der Waals surface area (Å²) < 4.78 is 11.6. The van der Waals surface area contributed by atoms with Gasteiger partial charge in [0.2, 0.25) is 0 Å². The van der Waals surface area contributed by atoms with E-state index in [9.17, 15) is 0 Å². The lowest BCUT2D eigenvalue weighted by Crippen LogP contribution is -2.29. The summed E-state index contributed by atoms with van der Waals surface area (Å²) in [7, 11) is 3.26. The van der Waals surface area contributed by atoms with E-state index in [4.69, 9.17) is 9.47 Å². The van der Waals surface area contributed by atoms with Crippen molar-refractivity contribution in [3.8, 4) is 11.5 Å². The second kappa shape index (κ2) is 9.06. The summed E-state index contributed by atoms with van der Waals surface area (Å²) in [5.74, 6) is 2.36. The highest BCUT2D eigenvalue weighted by Crippen LogP contribution is 2.50. The number of allylic oxidation sites excluding steroid dienone is 2. The Morgan fingerprint density at radius 1 is 1.03 bits per heavy atom. The molecule has 0 amide bonds. The van der Waals surface area contributed by atoms with Gasteiger partial charge in [-0.2, -0.15) is 0 Å². The predicted molar refractivity (Wildman–Crippen MR) is 138 cm³/mol. The third-order valence-electron chi connectivity index (χ3n) is 6.59. The molecule has 0 spiro atoms. The Morgan fingerprint density at radius 2 is 1.85 bits per heavy atom. The van der Waals surface area contributed by atoms with Crippen LogP contribution >= 0.6 is 15.9 Å². The Morgan fingerprint density at radius 3 is 2.61 bits per heavy atom. The van der Waals surface area contributed by atoms with Gasteiger partial charge in [-0.1, -0.05) is 42.0 Å². The van der Waals surface area contributed by atoms with Gasteiger partial charge in [0, 0.05) is 17.8 Å². The summed E-state index contributed by atoms with van der Waals surface area (Å²) in [4.78, 5) is 4.67. The number of nitrogens with zero attached hydrogens (tertiary/aromatic N) is 1. The number of fused-ring (bicyclic) bond motifs is 3. The fourth-order valence-electron chi connectivity index (χ4n) is 4.97. The van der Waals surface area contributed by atoms with Crippen molar-refractivity contribution < 1.29 is 9.47 Å². The molecule has 0 aromatic heterocycles. The zero-order chi connectivity index (χ0) is 22.9. The third kappa shape index (κ3) is 4.18. The zero-order valence-electron chi connectivity index (χ0n) is 19.0. The molecule has 168 valence electrons. The molecule has 5 rings (SSSR count). The highest BCUT2D eigenvalue weighted by molar-refractivity contribution is 9.10. The second-order valence-corrected chi connectivity index (χ2v) is 9.51. The summed E-state index contributed by atoms with van der Waals surface area (Å²) in [6.07, 6.45) is 7.66. The summed E-state index contributed by atoms with van der Waals surface area (Å²) in [5, 5.41) is 3.81. The number of anilines is 1. The summed E-state index contributed by atoms with van der Waals surface area (Å²) in [6, 6.07) is 19.5. The van der Waals surface area contributed by atoms with Crippen molar-refractivity contribution in [3.63, 3.8) is 0 Å². The van der Waals surface area contributed by atoms with E-state index < -0.39 is 0 Å². The van der Waals surface area contributed by atoms with E-state index in [1.807, 2.05) is 18.3 Å². The van der Waals surface area contributed by atoms with E-state index in [2.05, 4.69) is 87.8 Å². The van der Waals surface area contributed by atoms with Crippen LogP contribution in [-0.2, 0) is 0 Å². The summed E-state index contributed by atoms with van der Waals surface area (Å²) >= 11 is 3.54. The van der Waals surface area contributed by atoms with E-state index >= 15 is 0 Å². The molecule has 0 saturated heterocycles. The van der Waals surface area contributed by atoms with Gasteiger partial charge in [-0.05, 0) is 82.2 Å². The minimum absolute atomic E-state index is 0.292. The first-order valence-corrected chi connectivity index (χ1v) is 12.0. The maximum Gasteiger partial charge on any atom is 0.174 e. The first-order valence-electron chi connectivity index (χ1n) is 11.2. The van der Waals surface area contributed by atoms with Crippen LogP contribution in [0.15, 0.2) is 76.2 Å². The topological polar surface area (TPSA) is 42.8 Å². The second-order valence-electron chi connectivity index (χ2n) is 8.65. The molecule has 3 aromatic rings. The Kier molecular flexibility index (Phi) is 5.98. The van der Waals surface area contributed by atoms with E-state index in [0.29, 0.717) is 29.4 Å². The van der Waals surface area contributed by atoms with Gasteiger partial charge in [-0.25, -0.2) is 0 Å². The number of aryl methyl sites for hydroxylation is 1. The monoisotopic (exact) mass is 502 g/mol. The van der Waals surface area contributed by atoms with Gasteiger partial charge in [-0.3, -0.25) is 4.99 Å². The van der Waals surface area contributed by atoms with Crippen molar-refractivity contribution in [2.45, 2.75) is 25.3 Å². The van der Waals surface area contributed by atoms with Crippen LogP contribution in [0, 0.1) is 12.8 Å². The van der Waals surface area contributed by atoms with Crippen LogP contribution in [0.4, 0.5) is 11.4 Å². The standard InChI is InChI=1S/C28H27BrN2O2/c1-17-7-12-25-23(13-17)21-5-4-6-22(21)27(31-25)19-8-10-20(11-9-19)30-16-18-14-24(29)28(33-3)26(15-18)32-2/h4-5,7-16,21-22,27,31H,6H2,1-3H3/t21-,22+,27-/m0/s1. The van der Waals surface area contributed by atoms with Crippen molar-refractivity contribution in [1.29, 1.82) is 0 Å². The summed E-state index contributed by atoms with van der Waals surface area (Å²) in [6.45, 7) is 2.17. The Labute approximate surface area is 203 Å². The van der Waals surface area contributed by atoms with Crippen LogP contribution in [-0.4, -0.2) is 20.4 Å². The van der Waals surface area contributed by atoms with Crippen LogP contribution in [0.3, 0.4) is 0 Å². The number of ether oxygens (including phenoxy) is 2. The molecule has 1 aliphatic carbocycles. The molecular weight excluding hydrogens is 476 g/mol. The summed E-state index contributed by atoms with van der Waals surface area (Å²) in [5.41, 5.74) is 7.14. The molecule has 5 heteroatoms. The molecule has 0 bridgehead atoms. The van der Waals surface area contributed by atoms with Crippen LogP contribution in [0.1, 0.15) is 40.6 Å².